The Bertz CT molecular complexity index is 169. The molecule has 1 heterocycles. The highest BCUT2D eigenvalue weighted by Crippen LogP contribution is 2.28. The number of hydrogen-bond donors (Lipinski definition) is 1. The summed E-state index contributed by atoms with van der Waals surface area (Å²) in [6, 6.07) is 0. The van der Waals surface area contributed by atoms with Crippen molar-refractivity contribution < 1.29 is 4.74 Å². The van der Waals surface area contributed by atoms with E-state index in [1.807, 2.05) is 0 Å². The van der Waals surface area contributed by atoms with Gasteiger partial charge in [0.2, 0.25) is 0 Å². The molecule has 0 amide bonds. The van der Waals surface area contributed by atoms with Crippen molar-refractivity contribution in [1.82, 2.24) is 5.32 Å². The minimum Gasteiger partial charge on any atom is -0.372 e. The molecule has 1 fully saturated rings. The predicted octanol–water partition coefficient (Wildman–Crippen LogP) is 2.19. The van der Waals surface area contributed by atoms with Gasteiger partial charge in [0, 0.05) is 12.1 Å². The van der Waals surface area contributed by atoms with Crippen LogP contribution in [0, 0.1) is 5.92 Å². The van der Waals surface area contributed by atoms with Gasteiger partial charge >= 0.3 is 0 Å². The Hall–Kier alpha value is -0.0800. The van der Waals surface area contributed by atoms with E-state index in [-0.39, 0.29) is 11.1 Å². The first-order valence-electron chi connectivity index (χ1n) is 5.31. The minimum atomic E-state index is 0.0225. The van der Waals surface area contributed by atoms with E-state index in [0.29, 0.717) is 5.92 Å². The molecule has 2 heteroatoms. The van der Waals surface area contributed by atoms with Gasteiger partial charge in [-0.05, 0) is 26.2 Å². The fraction of sp³-hybridized carbons (Fsp3) is 1.00. The number of hydrogen-bond acceptors (Lipinski definition) is 2. The first-order valence-corrected chi connectivity index (χ1v) is 5.31. The Morgan fingerprint density at radius 3 is 2.31 bits per heavy atom. The van der Waals surface area contributed by atoms with Gasteiger partial charge in [-0.2, -0.15) is 0 Å². The molecule has 0 bridgehead atoms. The number of rotatable bonds is 2. The maximum Gasteiger partial charge on any atom is 0.0802 e. The fourth-order valence-electron chi connectivity index (χ4n) is 1.41. The van der Waals surface area contributed by atoms with Gasteiger partial charge in [-0.25, -0.2) is 0 Å². The molecule has 1 saturated heterocycles. The van der Waals surface area contributed by atoms with Crippen LogP contribution in [0.5, 0.6) is 0 Å². The second-order valence-electron chi connectivity index (χ2n) is 5.02. The van der Waals surface area contributed by atoms with Crippen molar-refractivity contribution in [3.63, 3.8) is 0 Å². The van der Waals surface area contributed by atoms with Crippen molar-refractivity contribution in [2.24, 2.45) is 5.92 Å². The first-order chi connectivity index (χ1) is 5.92. The Morgan fingerprint density at radius 2 is 2.00 bits per heavy atom. The second kappa shape index (κ2) is 3.58. The molecule has 13 heavy (non-hydrogen) atoms. The van der Waals surface area contributed by atoms with Gasteiger partial charge in [-0.1, -0.05) is 20.8 Å². The van der Waals surface area contributed by atoms with E-state index in [4.69, 9.17) is 4.74 Å². The van der Waals surface area contributed by atoms with E-state index in [9.17, 15) is 0 Å². The van der Waals surface area contributed by atoms with Crippen LogP contribution in [0.4, 0.5) is 0 Å². The first kappa shape index (κ1) is 11.0. The van der Waals surface area contributed by atoms with E-state index < -0.39 is 0 Å². The van der Waals surface area contributed by atoms with E-state index in [0.717, 1.165) is 19.6 Å². The SMILES string of the molecule is CCC1(C)COC(C)(C(C)C)CN1. The molecule has 0 radical (unpaired) electrons. The van der Waals surface area contributed by atoms with E-state index in [2.05, 4.69) is 39.9 Å². The molecule has 78 valence electrons. The van der Waals surface area contributed by atoms with Crippen LogP contribution in [-0.4, -0.2) is 24.3 Å². The fourth-order valence-corrected chi connectivity index (χ4v) is 1.41. The van der Waals surface area contributed by atoms with E-state index in [1.165, 1.54) is 0 Å². The van der Waals surface area contributed by atoms with E-state index in [1.54, 1.807) is 0 Å². The Labute approximate surface area is 82.0 Å². The summed E-state index contributed by atoms with van der Waals surface area (Å²) in [6.07, 6.45) is 1.13. The molecule has 0 aromatic carbocycles. The predicted molar refractivity (Wildman–Crippen MR) is 55.9 cm³/mol. The summed E-state index contributed by atoms with van der Waals surface area (Å²) in [5.74, 6) is 0.571. The van der Waals surface area contributed by atoms with Crippen molar-refractivity contribution in [1.29, 1.82) is 0 Å². The third-order valence-corrected chi connectivity index (χ3v) is 3.59. The average Bonchev–Trinajstić information content (AvgIpc) is 2.11. The van der Waals surface area contributed by atoms with Crippen molar-refractivity contribution in [3.05, 3.63) is 0 Å². The van der Waals surface area contributed by atoms with E-state index >= 15 is 0 Å². The smallest absolute Gasteiger partial charge is 0.0802 e. The molecular formula is C11H23NO. The lowest BCUT2D eigenvalue weighted by molar-refractivity contribution is -0.119. The molecule has 0 saturated carbocycles. The van der Waals surface area contributed by atoms with Gasteiger partial charge in [0.15, 0.2) is 0 Å². The lowest BCUT2D eigenvalue weighted by atomic mass is 9.87. The van der Waals surface area contributed by atoms with Crippen LogP contribution < -0.4 is 5.32 Å². The Morgan fingerprint density at radius 1 is 1.38 bits per heavy atom. The lowest BCUT2D eigenvalue weighted by Crippen LogP contribution is -2.61. The second-order valence-corrected chi connectivity index (χ2v) is 5.02. The van der Waals surface area contributed by atoms with Gasteiger partial charge in [0.1, 0.15) is 0 Å². The van der Waals surface area contributed by atoms with Crippen molar-refractivity contribution >= 4 is 0 Å². The van der Waals surface area contributed by atoms with Crippen LogP contribution >= 0.6 is 0 Å². The number of nitrogens with one attached hydrogen (secondary N) is 1. The van der Waals surface area contributed by atoms with Gasteiger partial charge in [0.25, 0.3) is 0 Å². The highest BCUT2D eigenvalue weighted by Gasteiger charge is 2.38. The zero-order valence-corrected chi connectivity index (χ0v) is 9.61. The lowest BCUT2D eigenvalue weighted by Gasteiger charge is -2.46. The monoisotopic (exact) mass is 185 g/mol. The number of ether oxygens (including phenoxy) is 1. The van der Waals surface area contributed by atoms with Gasteiger partial charge in [-0.15, -0.1) is 0 Å². The van der Waals surface area contributed by atoms with Crippen molar-refractivity contribution in [3.8, 4) is 0 Å². The summed E-state index contributed by atoms with van der Waals surface area (Å²) in [5, 5.41) is 3.59. The Kier molecular flexibility index (Phi) is 3.03. The molecule has 0 aliphatic carbocycles. The summed E-state index contributed by atoms with van der Waals surface area (Å²) < 4.78 is 5.97. The summed E-state index contributed by atoms with van der Waals surface area (Å²) in [6.45, 7) is 12.9. The molecule has 2 atom stereocenters. The third-order valence-electron chi connectivity index (χ3n) is 3.59. The molecule has 0 aromatic heterocycles. The minimum absolute atomic E-state index is 0.0225. The van der Waals surface area contributed by atoms with Crippen LogP contribution in [0.25, 0.3) is 0 Å². The zero-order valence-electron chi connectivity index (χ0n) is 9.61. The highest BCUT2D eigenvalue weighted by atomic mass is 16.5. The van der Waals surface area contributed by atoms with Crippen LogP contribution in [0.3, 0.4) is 0 Å². The molecular weight excluding hydrogens is 162 g/mol. The highest BCUT2D eigenvalue weighted by molar-refractivity contribution is 4.94. The van der Waals surface area contributed by atoms with Crippen LogP contribution in [-0.2, 0) is 4.74 Å². The molecule has 2 nitrogen and oxygen atoms in total. The van der Waals surface area contributed by atoms with Crippen LogP contribution in [0.15, 0.2) is 0 Å². The quantitative estimate of drug-likeness (QED) is 0.712. The number of morpholine rings is 1. The van der Waals surface area contributed by atoms with Crippen molar-refractivity contribution in [2.75, 3.05) is 13.2 Å². The maximum atomic E-state index is 5.97. The standard InChI is InChI=1S/C11H23NO/c1-6-10(4)8-13-11(5,7-12-10)9(2)3/h9,12H,6-8H2,1-5H3. The van der Waals surface area contributed by atoms with Crippen LogP contribution in [0.1, 0.15) is 41.0 Å². The summed E-state index contributed by atoms with van der Waals surface area (Å²) >= 11 is 0. The Balaban J connectivity index is 2.56. The van der Waals surface area contributed by atoms with Gasteiger partial charge in [0.05, 0.1) is 12.2 Å². The molecule has 1 N–H and O–H groups in total. The summed E-state index contributed by atoms with van der Waals surface area (Å²) in [4.78, 5) is 0. The van der Waals surface area contributed by atoms with Crippen molar-refractivity contribution in [2.45, 2.75) is 52.2 Å². The molecule has 1 rings (SSSR count). The van der Waals surface area contributed by atoms with Gasteiger partial charge in [-0.3, -0.25) is 0 Å². The topological polar surface area (TPSA) is 21.3 Å². The molecule has 2 unspecified atom stereocenters. The summed E-state index contributed by atoms with van der Waals surface area (Å²) in [5.41, 5.74) is 0.211. The molecule has 0 aromatic rings. The largest absolute Gasteiger partial charge is 0.372 e. The third kappa shape index (κ3) is 2.23. The average molecular weight is 185 g/mol. The van der Waals surface area contributed by atoms with Gasteiger partial charge < -0.3 is 10.1 Å². The van der Waals surface area contributed by atoms with Crippen LogP contribution in [0.2, 0.25) is 0 Å². The zero-order chi connectivity index (χ0) is 10.1. The molecule has 1 aliphatic heterocycles. The summed E-state index contributed by atoms with van der Waals surface area (Å²) in [7, 11) is 0. The molecule has 0 spiro atoms. The molecule has 1 aliphatic rings. The maximum absolute atomic E-state index is 5.97. The normalized spacial score (nSPS) is 41.1.